The summed E-state index contributed by atoms with van der Waals surface area (Å²) in [6.07, 6.45) is 9.12. The van der Waals surface area contributed by atoms with E-state index in [0.29, 0.717) is 12.6 Å². The minimum absolute atomic E-state index is 0.164. The summed E-state index contributed by atoms with van der Waals surface area (Å²) < 4.78 is 5.34. The third-order valence-corrected chi connectivity index (χ3v) is 4.90. The largest absolute Gasteiger partial charge is 0.444 e. The van der Waals surface area contributed by atoms with Gasteiger partial charge in [0.1, 0.15) is 5.60 Å². The minimum Gasteiger partial charge on any atom is -0.444 e. The van der Waals surface area contributed by atoms with E-state index in [1.165, 1.54) is 6.42 Å². The average molecular weight is 326 g/mol. The molecule has 2 rings (SSSR count). The molecule has 0 aromatic rings. The van der Waals surface area contributed by atoms with Crippen molar-refractivity contribution in [2.45, 2.75) is 102 Å². The number of hydrogen-bond acceptors (Lipinski definition) is 4. The Bertz CT molecular complexity index is 386. The molecule has 2 aliphatic rings. The third-order valence-electron chi connectivity index (χ3n) is 4.90. The SMILES string of the molecule is CC(C)(C)OC(=O)NC1CCCC(NCC2(O)CCCCC2)C1. The van der Waals surface area contributed by atoms with Gasteiger partial charge in [0.05, 0.1) is 5.60 Å². The van der Waals surface area contributed by atoms with Crippen LogP contribution in [0.2, 0.25) is 0 Å². The lowest BCUT2D eigenvalue weighted by Gasteiger charge is -2.36. The summed E-state index contributed by atoms with van der Waals surface area (Å²) in [4.78, 5) is 11.9. The zero-order valence-corrected chi connectivity index (χ0v) is 15.0. The topological polar surface area (TPSA) is 70.6 Å². The van der Waals surface area contributed by atoms with Crippen molar-refractivity contribution in [1.29, 1.82) is 0 Å². The van der Waals surface area contributed by atoms with Crippen LogP contribution in [0.1, 0.15) is 78.6 Å². The first kappa shape index (κ1) is 18.5. The second-order valence-electron chi connectivity index (χ2n) is 8.37. The lowest BCUT2D eigenvalue weighted by Crippen LogP contribution is -2.50. The quantitative estimate of drug-likeness (QED) is 0.742. The number of ether oxygens (including phenoxy) is 1. The zero-order chi connectivity index (χ0) is 16.9. The molecule has 5 heteroatoms. The van der Waals surface area contributed by atoms with Crippen LogP contribution < -0.4 is 10.6 Å². The fourth-order valence-electron chi connectivity index (χ4n) is 3.70. The predicted octanol–water partition coefficient (Wildman–Crippen LogP) is 3.11. The van der Waals surface area contributed by atoms with Gasteiger partial charge in [-0.25, -0.2) is 4.79 Å². The van der Waals surface area contributed by atoms with E-state index in [0.717, 1.165) is 51.4 Å². The van der Waals surface area contributed by atoms with E-state index in [-0.39, 0.29) is 12.1 Å². The van der Waals surface area contributed by atoms with E-state index in [9.17, 15) is 9.90 Å². The molecule has 0 bridgehead atoms. The monoisotopic (exact) mass is 326 g/mol. The molecule has 0 aromatic carbocycles. The van der Waals surface area contributed by atoms with Crippen LogP contribution in [0.5, 0.6) is 0 Å². The molecule has 0 saturated heterocycles. The number of carbonyl (C=O) groups excluding carboxylic acids is 1. The molecule has 1 amide bonds. The summed E-state index contributed by atoms with van der Waals surface area (Å²) in [5.74, 6) is 0. The highest BCUT2D eigenvalue weighted by atomic mass is 16.6. The zero-order valence-electron chi connectivity index (χ0n) is 15.0. The van der Waals surface area contributed by atoms with Crippen LogP contribution in [0, 0.1) is 0 Å². The number of carbonyl (C=O) groups is 1. The molecule has 0 heterocycles. The molecule has 2 fully saturated rings. The molecule has 0 spiro atoms. The summed E-state index contributed by atoms with van der Waals surface area (Å²) in [5.41, 5.74) is -0.982. The number of alkyl carbamates (subject to hydrolysis) is 1. The first-order valence-electron chi connectivity index (χ1n) is 9.21. The smallest absolute Gasteiger partial charge is 0.407 e. The Balaban J connectivity index is 1.73. The van der Waals surface area contributed by atoms with E-state index in [1.54, 1.807) is 0 Å². The van der Waals surface area contributed by atoms with Crippen LogP contribution in [0.15, 0.2) is 0 Å². The highest BCUT2D eigenvalue weighted by Crippen LogP contribution is 2.28. The Hall–Kier alpha value is -0.810. The average Bonchev–Trinajstić information content (AvgIpc) is 2.44. The molecule has 2 aliphatic carbocycles. The summed E-state index contributed by atoms with van der Waals surface area (Å²) in [7, 11) is 0. The molecular formula is C18H34N2O3. The van der Waals surface area contributed by atoms with Crippen molar-refractivity contribution in [3.8, 4) is 0 Å². The van der Waals surface area contributed by atoms with Gasteiger partial charge in [-0.3, -0.25) is 0 Å². The van der Waals surface area contributed by atoms with Gasteiger partial charge in [0.15, 0.2) is 0 Å². The molecule has 5 nitrogen and oxygen atoms in total. The van der Waals surface area contributed by atoms with Gasteiger partial charge < -0.3 is 20.5 Å². The van der Waals surface area contributed by atoms with Gasteiger partial charge in [-0.15, -0.1) is 0 Å². The van der Waals surface area contributed by atoms with Crippen LogP contribution in [0.25, 0.3) is 0 Å². The normalized spacial score (nSPS) is 28.2. The second kappa shape index (κ2) is 7.84. The molecule has 2 atom stereocenters. The summed E-state index contributed by atoms with van der Waals surface area (Å²) in [6, 6.07) is 0.534. The van der Waals surface area contributed by atoms with Crippen molar-refractivity contribution in [2.24, 2.45) is 0 Å². The lowest BCUT2D eigenvalue weighted by atomic mass is 9.84. The van der Waals surface area contributed by atoms with Crippen molar-refractivity contribution >= 4 is 6.09 Å². The Morgan fingerprint density at radius 1 is 1.13 bits per heavy atom. The molecule has 0 aliphatic heterocycles. The standard InChI is InChI=1S/C18H34N2O3/c1-17(2,3)23-16(21)20-15-9-7-8-14(12-15)19-13-18(22)10-5-4-6-11-18/h14-15,19,22H,4-13H2,1-3H3,(H,20,21). The van der Waals surface area contributed by atoms with E-state index in [2.05, 4.69) is 10.6 Å². The van der Waals surface area contributed by atoms with Gasteiger partial charge in [0, 0.05) is 18.6 Å². The molecule has 3 N–H and O–H groups in total. The van der Waals surface area contributed by atoms with E-state index >= 15 is 0 Å². The Labute approximate surface area is 140 Å². The molecule has 23 heavy (non-hydrogen) atoms. The minimum atomic E-state index is -0.524. The Kier molecular flexibility index (Phi) is 6.32. The van der Waals surface area contributed by atoms with Gasteiger partial charge in [-0.2, -0.15) is 0 Å². The van der Waals surface area contributed by atoms with Crippen LogP contribution in [-0.2, 0) is 4.74 Å². The van der Waals surface area contributed by atoms with Crippen LogP contribution in [-0.4, -0.2) is 41.0 Å². The highest BCUT2D eigenvalue weighted by molar-refractivity contribution is 5.68. The van der Waals surface area contributed by atoms with Gasteiger partial charge in [0.25, 0.3) is 0 Å². The van der Waals surface area contributed by atoms with Crippen molar-refractivity contribution in [3.05, 3.63) is 0 Å². The van der Waals surface area contributed by atoms with Crippen molar-refractivity contribution in [3.63, 3.8) is 0 Å². The Morgan fingerprint density at radius 2 is 1.78 bits per heavy atom. The molecular weight excluding hydrogens is 292 g/mol. The lowest BCUT2D eigenvalue weighted by molar-refractivity contribution is 0.00105. The van der Waals surface area contributed by atoms with Crippen molar-refractivity contribution in [1.82, 2.24) is 10.6 Å². The molecule has 0 radical (unpaired) electrons. The molecule has 2 unspecified atom stereocenters. The second-order valence-corrected chi connectivity index (χ2v) is 8.37. The number of nitrogens with one attached hydrogen (secondary N) is 2. The fourth-order valence-corrected chi connectivity index (χ4v) is 3.70. The van der Waals surface area contributed by atoms with Gasteiger partial charge in [-0.1, -0.05) is 19.3 Å². The number of rotatable bonds is 4. The van der Waals surface area contributed by atoms with Crippen LogP contribution >= 0.6 is 0 Å². The molecule has 2 saturated carbocycles. The van der Waals surface area contributed by atoms with Gasteiger partial charge in [0.2, 0.25) is 0 Å². The number of amides is 1. The van der Waals surface area contributed by atoms with Crippen molar-refractivity contribution in [2.75, 3.05) is 6.54 Å². The molecule has 134 valence electrons. The first-order valence-corrected chi connectivity index (χ1v) is 9.21. The van der Waals surface area contributed by atoms with E-state index < -0.39 is 11.2 Å². The number of aliphatic hydroxyl groups is 1. The number of hydrogen-bond donors (Lipinski definition) is 3. The van der Waals surface area contributed by atoms with Gasteiger partial charge in [-0.05, 0) is 59.3 Å². The maximum atomic E-state index is 11.9. The maximum absolute atomic E-state index is 11.9. The van der Waals surface area contributed by atoms with Crippen LogP contribution in [0.3, 0.4) is 0 Å². The highest BCUT2D eigenvalue weighted by Gasteiger charge is 2.31. The predicted molar refractivity (Wildman–Crippen MR) is 91.5 cm³/mol. The summed E-state index contributed by atoms with van der Waals surface area (Å²) in [6.45, 7) is 6.31. The first-order chi connectivity index (χ1) is 10.8. The maximum Gasteiger partial charge on any atom is 0.407 e. The summed E-state index contributed by atoms with van der Waals surface area (Å²) in [5, 5.41) is 17.1. The van der Waals surface area contributed by atoms with Gasteiger partial charge >= 0.3 is 6.09 Å². The van der Waals surface area contributed by atoms with Crippen molar-refractivity contribution < 1.29 is 14.6 Å². The van der Waals surface area contributed by atoms with Crippen LogP contribution in [0.4, 0.5) is 4.79 Å². The molecule has 0 aromatic heterocycles. The van der Waals surface area contributed by atoms with E-state index in [4.69, 9.17) is 4.74 Å². The summed E-state index contributed by atoms with van der Waals surface area (Å²) >= 11 is 0. The Morgan fingerprint density at radius 3 is 2.43 bits per heavy atom. The third kappa shape index (κ3) is 6.68. The fraction of sp³-hybridized carbons (Fsp3) is 0.944. The van der Waals surface area contributed by atoms with E-state index in [1.807, 2.05) is 20.8 Å².